The number of aryl methyl sites for hydroxylation is 1. The maximum atomic E-state index is 5.95. The van der Waals surface area contributed by atoms with Gasteiger partial charge in [0.2, 0.25) is 0 Å². The van der Waals surface area contributed by atoms with Crippen LogP contribution >= 0.6 is 11.8 Å². The molecule has 0 saturated heterocycles. The second kappa shape index (κ2) is 6.06. The molecule has 1 aromatic carbocycles. The number of rotatable bonds is 4. The van der Waals surface area contributed by atoms with Crippen LogP contribution in [0.4, 0.5) is 5.82 Å². The van der Waals surface area contributed by atoms with Crippen LogP contribution in [-0.4, -0.2) is 9.97 Å². The Hall–Kier alpha value is -1.55. The molecule has 0 atom stereocenters. The summed E-state index contributed by atoms with van der Waals surface area (Å²) in [7, 11) is 0. The van der Waals surface area contributed by atoms with Crippen molar-refractivity contribution in [1.82, 2.24) is 9.97 Å². The standard InChI is InChI=1S/C15H19N3S/c1-10(2)13-14(16)17-9-18-15(13)19-8-12-6-4-5-11(3)7-12/h4-7,9-10H,8H2,1-3H3,(H2,16,17,18). The lowest BCUT2D eigenvalue weighted by Gasteiger charge is -2.13. The molecule has 0 bridgehead atoms. The van der Waals surface area contributed by atoms with Crippen molar-refractivity contribution in [2.45, 2.75) is 37.5 Å². The van der Waals surface area contributed by atoms with Gasteiger partial charge in [0.05, 0.1) is 0 Å². The smallest absolute Gasteiger partial charge is 0.131 e. The van der Waals surface area contributed by atoms with Gasteiger partial charge in [-0.05, 0) is 18.4 Å². The molecule has 0 aliphatic rings. The number of thioether (sulfide) groups is 1. The highest BCUT2D eigenvalue weighted by atomic mass is 32.2. The van der Waals surface area contributed by atoms with E-state index < -0.39 is 0 Å². The van der Waals surface area contributed by atoms with Gasteiger partial charge >= 0.3 is 0 Å². The van der Waals surface area contributed by atoms with Gasteiger partial charge in [-0.1, -0.05) is 43.7 Å². The Morgan fingerprint density at radius 2 is 2.05 bits per heavy atom. The Labute approximate surface area is 118 Å². The fourth-order valence-electron chi connectivity index (χ4n) is 2.00. The Bertz CT molecular complexity index is 567. The van der Waals surface area contributed by atoms with Crippen LogP contribution in [0.15, 0.2) is 35.6 Å². The molecule has 2 N–H and O–H groups in total. The summed E-state index contributed by atoms with van der Waals surface area (Å²) < 4.78 is 0. The van der Waals surface area contributed by atoms with Crippen molar-refractivity contribution in [2.24, 2.45) is 0 Å². The fraction of sp³-hybridized carbons (Fsp3) is 0.333. The van der Waals surface area contributed by atoms with Crippen LogP contribution in [0.25, 0.3) is 0 Å². The van der Waals surface area contributed by atoms with E-state index >= 15 is 0 Å². The summed E-state index contributed by atoms with van der Waals surface area (Å²) in [6, 6.07) is 8.53. The summed E-state index contributed by atoms with van der Waals surface area (Å²) in [5.74, 6) is 1.83. The quantitative estimate of drug-likeness (QED) is 0.680. The number of nitrogens with zero attached hydrogens (tertiary/aromatic N) is 2. The molecule has 0 spiro atoms. The normalized spacial score (nSPS) is 10.9. The van der Waals surface area contributed by atoms with E-state index in [0.29, 0.717) is 11.7 Å². The first kappa shape index (κ1) is 13.9. The van der Waals surface area contributed by atoms with Crippen LogP contribution in [-0.2, 0) is 5.75 Å². The van der Waals surface area contributed by atoms with Gasteiger partial charge in [0.25, 0.3) is 0 Å². The molecule has 100 valence electrons. The Morgan fingerprint density at radius 1 is 1.26 bits per heavy atom. The van der Waals surface area contributed by atoms with E-state index in [-0.39, 0.29) is 0 Å². The molecule has 2 aromatic rings. The van der Waals surface area contributed by atoms with Gasteiger partial charge in [0.15, 0.2) is 0 Å². The van der Waals surface area contributed by atoms with Crippen LogP contribution in [0.1, 0.15) is 36.5 Å². The van der Waals surface area contributed by atoms with Crippen LogP contribution in [0.2, 0.25) is 0 Å². The maximum Gasteiger partial charge on any atom is 0.131 e. The van der Waals surface area contributed by atoms with Crippen LogP contribution in [0, 0.1) is 6.92 Å². The van der Waals surface area contributed by atoms with E-state index in [4.69, 9.17) is 5.73 Å². The molecule has 0 radical (unpaired) electrons. The minimum absolute atomic E-state index is 0.334. The van der Waals surface area contributed by atoms with Crippen molar-refractivity contribution in [1.29, 1.82) is 0 Å². The van der Waals surface area contributed by atoms with Crippen molar-refractivity contribution in [3.8, 4) is 0 Å². The summed E-state index contributed by atoms with van der Waals surface area (Å²) >= 11 is 1.72. The summed E-state index contributed by atoms with van der Waals surface area (Å²) in [5.41, 5.74) is 9.59. The van der Waals surface area contributed by atoms with Crippen LogP contribution in [0.3, 0.4) is 0 Å². The number of hydrogen-bond donors (Lipinski definition) is 1. The van der Waals surface area contributed by atoms with E-state index in [2.05, 4.69) is 55.0 Å². The van der Waals surface area contributed by atoms with Crippen LogP contribution in [0.5, 0.6) is 0 Å². The summed E-state index contributed by atoms with van der Waals surface area (Å²) in [5, 5.41) is 0.990. The molecule has 0 fully saturated rings. The van der Waals surface area contributed by atoms with Crippen molar-refractivity contribution < 1.29 is 0 Å². The Kier molecular flexibility index (Phi) is 4.43. The van der Waals surface area contributed by atoms with E-state index in [1.165, 1.54) is 11.1 Å². The Balaban J connectivity index is 2.18. The molecular weight excluding hydrogens is 254 g/mol. The molecule has 2 rings (SSSR count). The highest BCUT2D eigenvalue weighted by Crippen LogP contribution is 2.31. The molecule has 0 amide bonds. The van der Waals surface area contributed by atoms with Gasteiger partial charge in [-0.25, -0.2) is 9.97 Å². The average molecular weight is 273 g/mol. The third-order valence-electron chi connectivity index (χ3n) is 2.91. The number of nitrogen functional groups attached to an aromatic ring is 1. The number of nitrogens with two attached hydrogens (primary N) is 1. The van der Waals surface area contributed by atoms with Gasteiger partial charge in [-0.2, -0.15) is 0 Å². The molecule has 3 nitrogen and oxygen atoms in total. The van der Waals surface area contributed by atoms with E-state index in [1.807, 2.05) is 0 Å². The van der Waals surface area contributed by atoms with Crippen molar-refractivity contribution in [3.05, 3.63) is 47.3 Å². The first-order valence-corrected chi connectivity index (χ1v) is 7.35. The third kappa shape index (κ3) is 3.47. The van der Waals surface area contributed by atoms with E-state index in [9.17, 15) is 0 Å². The molecule has 1 aromatic heterocycles. The molecular formula is C15H19N3S. The molecule has 0 saturated carbocycles. The van der Waals surface area contributed by atoms with Gasteiger partial charge in [-0.15, -0.1) is 11.8 Å². The second-order valence-corrected chi connectivity index (χ2v) is 5.87. The highest BCUT2D eigenvalue weighted by Gasteiger charge is 2.13. The van der Waals surface area contributed by atoms with Gasteiger partial charge in [-0.3, -0.25) is 0 Å². The fourth-order valence-corrected chi connectivity index (χ4v) is 3.10. The lowest BCUT2D eigenvalue weighted by Crippen LogP contribution is -2.03. The highest BCUT2D eigenvalue weighted by molar-refractivity contribution is 7.98. The molecule has 1 heterocycles. The van der Waals surface area contributed by atoms with Crippen molar-refractivity contribution in [3.63, 3.8) is 0 Å². The van der Waals surface area contributed by atoms with Crippen molar-refractivity contribution >= 4 is 17.6 Å². The lowest BCUT2D eigenvalue weighted by atomic mass is 10.1. The summed E-state index contributed by atoms with van der Waals surface area (Å²) in [4.78, 5) is 8.45. The SMILES string of the molecule is Cc1cccc(CSc2ncnc(N)c2C(C)C)c1. The Morgan fingerprint density at radius 3 is 2.74 bits per heavy atom. The van der Waals surface area contributed by atoms with Gasteiger partial charge in [0.1, 0.15) is 17.2 Å². The number of benzene rings is 1. The van der Waals surface area contributed by atoms with Gasteiger partial charge in [0, 0.05) is 11.3 Å². The average Bonchev–Trinajstić information content (AvgIpc) is 2.36. The maximum absolute atomic E-state index is 5.95. The van der Waals surface area contributed by atoms with Crippen LogP contribution < -0.4 is 5.73 Å². The molecule has 19 heavy (non-hydrogen) atoms. The van der Waals surface area contributed by atoms with E-state index in [1.54, 1.807) is 18.1 Å². The molecule has 0 unspecified atom stereocenters. The molecule has 0 aliphatic carbocycles. The first-order chi connectivity index (χ1) is 9.08. The summed E-state index contributed by atoms with van der Waals surface area (Å²) in [6.07, 6.45) is 1.54. The topological polar surface area (TPSA) is 51.8 Å². The predicted octanol–water partition coefficient (Wildman–Crippen LogP) is 3.78. The number of hydrogen-bond acceptors (Lipinski definition) is 4. The number of aromatic nitrogens is 2. The molecule has 4 heteroatoms. The zero-order valence-corrected chi connectivity index (χ0v) is 12.4. The minimum atomic E-state index is 0.334. The van der Waals surface area contributed by atoms with Crippen molar-refractivity contribution in [2.75, 3.05) is 5.73 Å². The monoisotopic (exact) mass is 273 g/mol. The third-order valence-corrected chi connectivity index (χ3v) is 3.99. The summed E-state index contributed by atoms with van der Waals surface area (Å²) in [6.45, 7) is 6.34. The minimum Gasteiger partial charge on any atom is -0.383 e. The predicted molar refractivity (Wildman–Crippen MR) is 81.3 cm³/mol. The number of anilines is 1. The van der Waals surface area contributed by atoms with Gasteiger partial charge < -0.3 is 5.73 Å². The largest absolute Gasteiger partial charge is 0.383 e. The first-order valence-electron chi connectivity index (χ1n) is 6.36. The van der Waals surface area contributed by atoms with E-state index in [0.717, 1.165) is 16.3 Å². The second-order valence-electron chi connectivity index (χ2n) is 4.91. The zero-order valence-electron chi connectivity index (χ0n) is 11.6. The lowest BCUT2D eigenvalue weighted by molar-refractivity contribution is 0.808. The molecule has 0 aliphatic heterocycles. The zero-order chi connectivity index (χ0) is 13.8.